The highest BCUT2D eigenvalue weighted by Crippen LogP contribution is 2.33. The lowest BCUT2D eigenvalue weighted by Gasteiger charge is -2.10. The van der Waals surface area contributed by atoms with E-state index in [0.717, 1.165) is 28.8 Å². The number of aryl methyl sites for hydroxylation is 3. The second-order valence-corrected chi connectivity index (χ2v) is 6.17. The van der Waals surface area contributed by atoms with Gasteiger partial charge in [0.25, 0.3) is 0 Å². The van der Waals surface area contributed by atoms with Gasteiger partial charge in [-0.25, -0.2) is 14.3 Å². The Kier molecular flexibility index (Phi) is 4.55. The average Bonchev–Trinajstić information content (AvgIpc) is 2.94. The van der Waals surface area contributed by atoms with Crippen molar-refractivity contribution in [3.8, 4) is 11.1 Å². The SMILES string of the molecule is CCCc1cc(C(=O)O)nc2c(-c3c(C)cccc3C)c(CO)nn12. The molecule has 6 nitrogen and oxygen atoms in total. The van der Waals surface area contributed by atoms with Gasteiger partial charge in [-0.3, -0.25) is 0 Å². The van der Waals surface area contributed by atoms with Crippen LogP contribution < -0.4 is 0 Å². The molecule has 3 aromatic rings. The predicted molar refractivity (Wildman–Crippen MR) is 94.8 cm³/mol. The summed E-state index contributed by atoms with van der Waals surface area (Å²) < 4.78 is 1.67. The third-order valence-corrected chi connectivity index (χ3v) is 4.34. The molecule has 0 atom stereocenters. The molecule has 130 valence electrons. The molecular formula is C19H21N3O3. The standard InChI is InChI=1S/C19H21N3O3/c1-4-6-13-9-14(19(24)25)20-18-17(15(10-23)21-22(13)18)16-11(2)7-5-8-12(16)3/h5,7-9,23H,4,6,10H2,1-3H3,(H,24,25). The Morgan fingerprint density at radius 3 is 2.44 bits per heavy atom. The highest BCUT2D eigenvalue weighted by molar-refractivity contribution is 5.89. The van der Waals surface area contributed by atoms with Crippen LogP contribution in [0.5, 0.6) is 0 Å². The van der Waals surface area contributed by atoms with E-state index in [1.54, 1.807) is 10.6 Å². The fraction of sp³-hybridized carbons (Fsp3) is 0.316. The lowest BCUT2D eigenvalue weighted by Crippen LogP contribution is -2.08. The van der Waals surface area contributed by atoms with Gasteiger partial charge in [0.05, 0.1) is 17.9 Å². The van der Waals surface area contributed by atoms with Gasteiger partial charge in [0.2, 0.25) is 0 Å². The van der Waals surface area contributed by atoms with E-state index in [-0.39, 0.29) is 12.3 Å². The van der Waals surface area contributed by atoms with Crippen LogP contribution in [-0.4, -0.2) is 30.8 Å². The first-order valence-electron chi connectivity index (χ1n) is 8.30. The molecule has 0 unspecified atom stereocenters. The van der Waals surface area contributed by atoms with Crippen molar-refractivity contribution in [1.29, 1.82) is 0 Å². The lowest BCUT2D eigenvalue weighted by atomic mass is 9.95. The monoisotopic (exact) mass is 339 g/mol. The minimum atomic E-state index is -1.07. The molecule has 0 aliphatic heterocycles. The molecule has 6 heteroatoms. The molecule has 0 fully saturated rings. The maximum absolute atomic E-state index is 11.5. The molecule has 0 saturated carbocycles. The van der Waals surface area contributed by atoms with Gasteiger partial charge in [-0.2, -0.15) is 5.10 Å². The largest absolute Gasteiger partial charge is 0.477 e. The first kappa shape index (κ1) is 17.1. The minimum absolute atomic E-state index is 0.00664. The third-order valence-electron chi connectivity index (χ3n) is 4.34. The molecule has 2 heterocycles. The fourth-order valence-electron chi connectivity index (χ4n) is 3.24. The van der Waals surface area contributed by atoms with Crippen LogP contribution in [-0.2, 0) is 13.0 Å². The summed E-state index contributed by atoms with van der Waals surface area (Å²) in [6, 6.07) is 7.50. The van der Waals surface area contributed by atoms with E-state index in [1.807, 2.05) is 39.0 Å². The number of carboxylic acid groups (broad SMARTS) is 1. The quantitative estimate of drug-likeness (QED) is 0.745. The van der Waals surface area contributed by atoms with Crippen molar-refractivity contribution in [2.75, 3.05) is 0 Å². The van der Waals surface area contributed by atoms with E-state index in [9.17, 15) is 15.0 Å². The van der Waals surface area contributed by atoms with Gasteiger partial charge in [0, 0.05) is 5.69 Å². The van der Waals surface area contributed by atoms with Crippen molar-refractivity contribution >= 4 is 11.6 Å². The minimum Gasteiger partial charge on any atom is -0.477 e. The number of aliphatic hydroxyl groups excluding tert-OH is 1. The molecule has 0 aliphatic rings. The molecule has 25 heavy (non-hydrogen) atoms. The number of fused-ring (bicyclic) bond motifs is 1. The highest BCUT2D eigenvalue weighted by atomic mass is 16.4. The van der Waals surface area contributed by atoms with Gasteiger partial charge < -0.3 is 10.2 Å². The highest BCUT2D eigenvalue weighted by Gasteiger charge is 2.22. The first-order chi connectivity index (χ1) is 12.0. The summed E-state index contributed by atoms with van der Waals surface area (Å²) in [5.41, 5.74) is 5.46. The molecule has 0 amide bonds. The fourth-order valence-corrected chi connectivity index (χ4v) is 3.24. The van der Waals surface area contributed by atoms with Crippen LogP contribution in [0.3, 0.4) is 0 Å². The van der Waals surface area contributed by atoms with Gasteiger partial charge in [-0.05, 0) is 43.0 Å². The van der Waals surface area contributed by atoms with E-state index in [2.05, 4.69) is 10.1 Å². The third kappa shape index (κ3) is 2.89. The summed E-state index contributed by atoms with van der Waals surface area (Å²) in [5, 5.41) is 23.8. The summed E-state index contributed by atoms with van der Waals surface area (Å²) in [6.07, 6.45) is 1.53. The van der Waals surface area contributed by atoms with Crippen LogP contribution >= 0.6 is 0 Å². The number of hydrogen-bond acceptors (Lipinski definition) is 4. The maximum Gasteiger partial charge on any atom is 0.354 e. The molecule has 2 aromatic heterocycles. The number of aromatic nitrogens is 3. The van der Waals surface area contributed by atoms with E-state index in [1.165, 1.54) is 0 Å². The van der Waals surface area contributed by atoms with Crippen LogP contribution in [0, 0.1) is 13.8 Å². The lowest BCUT2D eigenvalue weighted by molar-refractivity contribution is 0.0690. The van der Waals surface area contributed by atoms with Crippen molar-refractivity contribution < 1.29 is 15.0 Å². The first-order valence-corrected chi connectivity index (χ1v) is 8.30. The molecule has 0 radical (unpaired) electrons. The van der Waals surface area contributed by atoms with E-state index in [0.29, 0.717) is 23.3 Å². The number of aliphatic hydroxyl groups is 1. The van der Waals surface area contributed by atoms with E-state index in [4.69, 9.17) is 0 Å². The number of carboxylic acids is 1. The number of benzene rings is 1. The van der Waals surface area contributed by atoms with Crippen LogP contribution in [0.2, 0.25) is 0 Å². The summed E-state index contributed by atoms with van der Waals surface area (Å²) in [7, 11) is 0. The summed E-state index contributed by atoms with van der Waals surface area (Å²) in [5.74, 6) is -1.07. The Labute approximate surface area is 145 Å². The van der Waals surface area contributed by atoms with Crippen molar-refractivity contribution in [1.82, 2.24) is 14.6 Å². The summed E-state index contributed by atoms with van der Waals surface area (Å²) >= 11 is 0. The van der Waals surface area contributed by atoms with E-state index < -0.39 is 5.97 Å². The van der Waals surface area contributed by atoms with Gasteiger partial charge in [-0.15, -0.1) is 0 Å². The van der Waals surface area contributed by atoms with Crippen LogP contribution in [0.1, 0.15) is 46.3 Å². The molecule has 2 N–H and O–H groups in total. The Hall–Kier alpha value is -2.73. The maximum atomic E-state index is 11.5. The molecular weight excluding hydrogens is 318 g/mol. The zero-order valence-corrected chi connectivity index (χ0v) is 14.6. The Morgan fingerprint density at radius 2 is 1.88 bits per heavy atom. The second-order valence-electron chi connectivity index (χ2n) is 6.17. The van der Waals surface area contributed by atoms with Gasteiger partial charge in [0.15, 0.2) is 11.3 Å². The normalized spacial score (nSPS) is 11.2. The van der Waals surface area contributed by atoms with Crippen molar-refractivity contribution in [3.05, 3.63) is 52.5 Å². The van der Waals surface area contributed by atoms with Gasteiger partial charge in [0.1, 0.15) is 0 Å². The molecule has 3 rings (SSSR count). The van der Waals surface area contributed by atoms with Crippen molar-refractivity contribution in [2.45, 2.75) is 40.2 Å². The van der Waals surface area contributed by atoms with E-state index >= 15 is 0 Å². The zero-order valence-electron chi connectivity index (χ0n) is 14.6. The van der Waals surface area contributed by atoms with Crippen LogP contribution in [0.4, 0.5) is 0 Å². The molecule has 0 saturated heterocycles. The molecule has 0 spiro atoms. The van der Waals surface area contributed by atoms with Gasteiger partial charge in [-0.1, -0.05) is 31.5 Å². The van der Waals surface area contributed by atoms with Crippen molar-refractivity contribution in [3.63, 3.8) is 0 Å². The van der Waals surface area contributed by atoms with Gasteiger partial charge >= 0.3 is 5.97 Å². The van der Waals surface area contributed by atoms with Crippen molar-refractivity contribution in [2.24, 2.45) is 0 Å². The number of rotatable bonds is 5. The number of nitrogens with zero attached hydrogens (tertiary/aromatic N) is 3. The summed E-state index contributed by atoms with van der Waals surface area (Å²) in [6.45, 7) is 5.76. The summed E-state index contributed by atoms with van der Waals surface area (Å²) in [4.78, 5) is 15.9. The number of carbonyl (C=O) groups is 1. The molecule has 1 aromatic carbocycles. The second kappa shape index (κ2) is 6.64. The topological polar surface area (TPSA) is 87.7 Å². The van der Waals surface area contributed by atoms with Crippen LogP contribution in [0.15, 0.2) is 24.3 Å². The Morgan fingerprint density at radius 1 is 1.20 bits per heavy atom. The molecule has 0 aliphatic carbocycles. The van der Waals surface area contributed by atoms with Crippen LogP contribution in [0.25, 0.3) is 16.8 Å². The molecule has 0 bridgehead atoms. The number of aromatic carboxylic acids is 1. The smallest absolute Gasteiger partial charge is 0.354 e. The number of hydrogen-bond donors (Lipinski definition) is 2. The zero-order chi connectivity index (χ0) is 18.1. The Bertz CT molecular complexity index is 940. The average molecular weight is 339 g/mol. The predicted octanol–water partition coefficient (Wildman–Crippen LogP) is 3.16. The Balaban J connectivity index is 2.44.